The first-order valence-corrected chi connectivity index (χ1v) is 18.5. The molecule has 1 aliphatic heterocycles. The molecule has 0 aromatic carbocycles. The van der Waals surface area contributed by atoms with Crippen LogP contribution >= 0.6 is 0 Å². The smallest absolute Gasteiger partial charge is 0.100 e. The van der Waals surface area contributed by atoms with E-state index in [1.807, 2.05) is 0 Å². The van der Waals surface area contributed by atoms with Gasteiger partial charge in [-0.05, 0) is 19.3 Å². The van der Waals surface area contributed by atoms with Gasteiger partial charge in [0.05, 0.1) is 0 Å². The monoisotopic (exact) mass is 547 g/mol. The van der Waals surface area contributed by atoms with E-state index in [-0.39, 0.29) is 0 Å². The fourth-order valence-electron chi connectivity index (χ4n) is 6.40. The minimum Gasteiger partial charge on any atom is -0.359 e. The van der Waals surface area contributed by atoms with Crippen LogP contribution in [0, 0.1) is 0 Å². The first-order chi connectivity index (χ1) is 19.3. The van der Waals surface area contributed by atoms with Crippen molar-refractivity contribution in [3.8, 4) is 0 Å². The van der Waals surface area contributed by atoms with Gasteiger partial charge in [0.25, 0.3) is 0 Å². The molecule has 0 aliphatic carbocycles. The van der Waals surface area contributed by atoms with E-state index in [0.29, 0.717) is 6.17 Å². The number of nitrogens with zero attached hydrogens (tertiary/aromatic N) is 2. The Bertz CT molecular complexity index is 502. The minimum absolute atomic E-state index is 0.619. The molecule has 0 saturated carbocycles. The molecular weight excluding hydrogens is 472 g/mol. The van der Waals surface area contributed by atoms with E-state index in [1.165, 1.54) is 199 Å². The summed E-state index contributed by atoms with van der Waals surface area (Å²) in [5, 5.41) is 0. The Morgan fingerprint density at radius 1 is 0.385 bits per heavy atom. The van der Waals surface area contributed by atoms with Gasteiger partial charge in [-0.1, -0.05) is 187 Å². The van der Waals surface area contributed by atoms with Crippen LogP contribution in [0.5, 0.6) is 0 Å². The molecule has 1 heterocycles. The van der Waals surface area contributed by atoms with Gasteiger partial charge < -0.3 is 9.80 Å². The molecule has 0 aromatic heterocycles. The van der Waals surface area contributed by atoms with E-state index < -0.39 is 0 Å². The molecule has 1 atom stereocenters. The van der Waals surface area contributed by atoms with Crippen molar-refractivity contribution in [1.29, 1.82) is 0 Å². The summed E-state index contributed by atoms with van der Waals surface area (Å²) in [5.74, 6) is 0. The molecule has 0 spiro atoms. The molecule has 1 aliphatic rings. The first-order valence-electron chi connectivity index (χ1n) is 18.5. The largest absolute Gasteiger partial charge is 0.359 e. The van der Waals surface area contributed by atoms with Crippen molar-refractivity contribution in [2.24, 2.45) is 0 Å². The van der Waals surface area contributed by atoms with E-state index in [4.69, 9.17) is 0 Å². The standard InChI is InChI=1S/C37H74N2/c1-4-6-8-10-12-14-16-18-19-20-21-22-23-25-27-29-31-33-37-38(3)35-36-39(37)34-32-30-28-26-24-17-15-13-11-9-7-5-2/h35-37H,4-34H2,1-3H3. The van der Waals surface area contributed by atoms with Gasteiger partial charge in [-0.15, -0.1) is 0 Å². The molecule has 1 unspecified atom stereocenters. The summed E-state index contributed by atoms with van der Waals surface area (Å²) in [6.07, 6.45) is 48.6. The summed E-state index contributed by atoms with van der Waals surface area (Å²) in [7, 11) is 2.27. The number of hydrogen-bond acceptors (Lipinski definition) is 2. The van der Waals surface area contributed by atoms with Gasteiger partial charge in [-0.25, -0.2) is 0 Å². The first kappa shape index (κ1) is 36.4. The van der Waals surface area contributed by atoms with E-state index in [1.54, 1.807) is 0 Å². The summed E-state index contributed by atoms with van der Waals surface area (Å²) >= 11 is 0. The predicted molar refractivity (Wildman–Crippen MR) is 177 cm³/mol. The molecule has 0 saturated heterocycles. The maximum Gasteiger partial charge on any atom is 0.100 e. The summed E-state index contributed by atoms with van der Waals surface area (Å²) in [6.45, 7) is 5.87. The topological polar surface area (TPSA) is 6.48 Å². The van der Waals surface area contributed by atoms with Crippen LogP contribution in [0.2, 0.25) is 0 Å². The van der Waals surface area contributed by atoms with Crippen LogP contribution in [0.1, 0.15) is 206 Å². The summed E-state index contributed by atoms with van der Waals surface area (Å²) in [5.41, 5.74) is 0. The van der Waals surface area contributed by atoms with Gasteiger partial charge in [0.15, 0.2) is 0 Å². The Hall–Kier alpha value is -0.660. The third kappa shape index (κ3) is 22.7. The Labute approximate surface area is 248 Å². The second kappa shape index (κ2) is 28.9. The van der Waals surface area contributed by atoms with Crippen LogP contribution < -0.4 is 0 Å². The van der Waals surface area contributed by atoms with Crippen molar-refractivity contribution >= 4 is 0 Å². The van der Waals surface area contributed by atoms with E-state index in [9.17, 15) is 0 Å². The maximum atomic E-state index is 2.63. The van der Waals surface area contributed by atoms with Gasteiger partial charge >= 0.3 is 0 Å². The van der Waals surface area contributed by atoms with Crippen molar-refractivity contribution in [2.45, 2.75) is 213 Å². The molecule has 0 amide bonds. The van der Waals surface area contributed by atoms with Gasteiger partial charge in [0, 0.05) is 26.0 Å². The fourth-order valence-corrected chi connectivity index (χ4v) is 6.40. The molecule has 2 nitrogen and oxygen atoms in total. The van der Waals surface area contributed by atoms with Crippen molar-refractivity contribution in [3.63, 3.8) is 0 Å². The average Bonchev–Trinajstić information content (AvgIpc) is 3.29. The molecular formula is C37H74N2. The Morgan fingerprint density at radius 2 is 0.692 bits per heavy atom. The van der Waals surface area contributed by atoms with Crippen LogP contribution in [-0.4, -0.2) is 29.6 Å². The van der Waals surface area contributed by atoms with Gasteiger partial charge in [-0.3, -0.25) is 0 Å². The molecule has 39 heavy (non-hydrogen) atoms. The van der Waals surface area contributed by atoms with Crippen molar-refractivity contribution in [3.05, 3.63) is 12.4 Å². The van der Waals surface area contributed by atoms with E-state index in [0.717, 1.165) is 0 Å². The number of hydrogen-bond donors (Lipinski definition) is 0. The third-order valence-electron chi connectivity index (χ3n) is 9.18. The highest BCUT2D eigenvalue weighted by atomic mass is 15.4. The molecule has 2 heteroatoms. The highest BCUT2D eigenvalue weighted by Gasteiger charge is 2.22. The molecule has 1 rings (SSSR count). The lowest BCUT2D eigenvalue weighted by atomic mass is 10.0. The van der Waals surface area contributed by atoms with Crippen LogP contribution in [-0.2, 0) is 0 Å². The van der Waals surface area contributed by atoms with Crippen molar-refractivity contribution in [2.75, 3.05) is 13.6 Å². The zero-order valence-corrected chi connectivity index (χ0v) is 27.5. The zero-order chi connectivity index (χ0) is 28.1. The third-order valence-corrected chi connectivity index (χ3v) is 9.18. The minimum atomic E-state index is 0.619. The molecule has 0 bridgehead atoms. The highest BCUT2D eigenvalue weighted by Crippen LogP contribution is 2.22. The van der Waals surface area contributed by atoms with Gasteiger partial charge in [0.1, 0.15) is 6.17 Å². The lowest BCUT2D eigenvalue weighted by molar-refractivity contribution is 0.159. The second-order valence-corrected chi connectivity index (χ2v) is 13.0. The molecule has 232 valence electrons. The maximum absolute atomic E-state index is 2.63. The normalized spacial score (nSPS) is 15.2. The van der Waals surface area contributed by atoms with Crippen molar-refractivity contribution < 1.29 is 0 Å². The van der Waals surface area contributed by atoms with E-state index in [2.05, 4.69) is 43.1 Å². The predicted octanol–water partition coefficient (Wildman–Crippen LogP) is 12.8. The van der Waals surface area contributed by atoms with Crippen LogP contribution in [0.25, 0.3) is 0 Å². The lowest BCUT2D eigenvalue weighted by Gasteiger charge is -2.30. The fraction of sp³-hybridized carbons (Fsp3) is 0.946. The van der Waals surface area contributed by atoms with Crippen molar-refractivity contribution in [1.82, 2.24) is 9.80 Å². The van der Waals surface area contributed by atoms with E-state index >= 15 is 0 Å². The molecule has 0 N–H and O–H groups in total. The summed E-state index contributed by atoms with van der Waals surface area (Å²) in [4.78, 5) is 5.08. The number of unbranched alkanes of at least 4 members (excludes halogenated alkanes) is 27. The summed E-state index contributed by atoms with van der Waals surface area (Å²) < 4.78 is 0. The highest BCUT2D eigenvalue weighted by molar-refractivity contribution is 4.95. The van der Waals surface area contributed by atoms with Gasteiger partial charge in [0.2, 0.25) is 0 Å². The quantitative estimate of drug-likeness (QED) is 0.0798. The van der Waals surface area contributed by atoms with Crippen LogP contribution in [0.15, 0.2) is 12.4 Å². The Kier molecular flexibility index (Phi) is 26.9. The van der Waals surface area contributed by atoms with Crippen LogP contribution in [0.3, 0.4) is 0 Å². The Morgan fingerprint density at radius 3 is 1.05 bits per heavy atom. The molecule has 0 radical (unpaired) electrons. The summed E-state index contributed by atoms with van der Waals surface area (Å²) in [6, 6.07) is 0. The Balaban J connectivity index is 1.86. The van der Waals surface area contributed by atoms with Gasteiger partial charge in [-0.2, -0.15) is 0 Å². The molecule has 0 aromatic rings. The SMILES string of the molecule is CCCCCCCCCCCCCCCCCCCC1N(C)C=CN1CCCCCCCCCCCCCC. The molecule has 0 fully saturated rings. The second-order valence-electron chi connectivity index (χ2n) is 13.0. The zero-order valence-electron chi connectivity index (χ0n) is 27.5. The lowest BCUT2D eigenvalue weighted by Crippen LogP contribution is -2.37. The average molecular weight is 547 g/mol. The van der Waals surface area contributed by atoms with Crippen LogP contribution in [0.4, 0.5) is 0 Å². The number of rotatable bonds is 31.